The fourth-order valence-electron chi connectivity index (χ4n) is 2.24. The lowest BCUT2D eigenvalue weighted by Crippen LogP contribution is -2.35. The first-order chi connectivity index (χ1) is 10.6. The summed E-state index contributed by atoms with van der Waals surface area (Å²) in [6, 6.07) is 11.6. The van der Waals surface area contributed by atoms with E-state index >= 15 is 0 Å². The van der Waals surface area contributed by atoms with Gasteiger partial charge in [0, 0.05) is 18.8 Å². The molecule has 0 saturated heterocycles. The zero-order valence-electron chi connectivity index (χ0n) is 11.8. The van der Waals surface area contributed by atoms with Crippen molar-refractivity contribution in [3.05, 3.63) is 52.6 Å². The topological polar surface area (TPSA) is 84.7 Å². The monoisotopic (exact) mass is 299 g/mol. The maximum Gasteiger partial charge on any atom is 0.292 e. The Morgan fingerprint density at radius 2 is 2.05 bits per heavy atom. The number of ether oxygens (including phenoxy) is 1. The number of benzene rings is 2. The van der Waals surface area contributed by atoms with Crippen LogP contribution in [0.1, 0.15) is 0 Å². The smallest absolute Gasteiger partial charge is 0.292 e. The molecule has 1 aliphatic rings. The highest BCUT2D eigenvalue weighted by Crippen LogP contribution is 2.35. The Hall–Kier alpha value is -3.09. The van der Waals surface area contributed by atoms with Crippen molar-refractivity contribution in [3.63, 3.8) is 0 Å². The van der Waals surface area contributed by atoms with Crippen LogP contribution < -0.4 is 15.0 Å². The van der Waals surface area contributed by atoms with E-state index in [1.165, 1.54) is 11.0 Å². The second-order valence-corrected chi connectivity index (χ2v) is 4.82. The predicted octanol–water partition coefficient (Wildman–Crippen LogP) is 2.69. The molecule has 7 heteroatoms. The largest absolute Gasteiger partial charge is 0.482 e. The van der Waals surface area contributed by atoms with Gasteiger partial charge in [-0.05, 0) is 24.3 Å². The van der Waals surface area contributed by atoms with Crippen molar-refractivity contribution in [3.8, 4) is 5.75 Å². The van der Waals surface area contributed by atoms with Gasteiger partial charge >= 0.3 is 0 Å². The molecule has 7 nitrogen and oxygen atoms in total. The van der Waals surface area contributed by atoms with Gasteiger partial charge in [0.15, 0.2) is 6.61 Å². The second-order valence-electron chi connectivity index (χ2n) is 4.82. The van der Waals surface area contributed by atoms with E-state index in [1.54, 1.807) is 43.4 Å². The summed E-state index contributed by atoms with van der Waals surface area (Å²) in [7, 11) is 1.67. The molecule has 1 aliphatic heterocycles. The van der Waals surface area contributed by atoms with Crippen LogP contribution in [0.3, 0.4) is 0 Å². The molecule has 0 unspecified atom stereocenters. The van der Waals surface area contributed by atoms with Crippen LogP contribution in [-0.2, 0) is 4.79 Å². The van der Waals surface area contributed by atoms with Crippen LogP contribution in [-0.4, -0.2) is 24.5 Å². The van der Waals surface area contributed by atoms with E-state index in [2.05, 4.69) is 5.32 Å². The lowest BCUT2D eigenvalue weighted by Gasteiger charge is -2.26. The van der Waals surface area contributed by atoms with E-state index in [9.17, 15) is 14.9 Å². The summed E-state index contributed by atoms with van der Waals surface area (Å²) in [4.78, 5) is 23.8. The first kappa shape index (κ1) is 13.9. The Labute approximate surface area is 126 Å². The number of likely N-dealkylation sites (N-methyl/N-ethyl adjacent to an activating group) is 1. The summed E-state index contributed by atoms with van der Waals surface area (Å²) in [5.41, 5.74) is 1.64. The van der Waals surface area contributed by atoms with Gasteiger partial charge in [0.25, 0.3) is 11.6 Å². The average molecular weight is 299 g/mol. The molecule has 1 amide bonds. The number of para-hydroxylation sites is 2. The third-order valence-electron chi connectivity index (χ3n) is 3.43. The summed E-state index contributed by atoms with van der Waals surface area (Å²) in [5.74, 6) is 0.463. The molecule has 22 heavy (non-hydrogen) atoms. The number of hydrogen-bond donors (Lipinski definition) is 1. The first-order valence-corrected chi connectivity index (χ1v) is 6.60. The van der Waals surface area contributed by atoms with E-state index < -0.39 is 4.92 Å². The van der Waals surface area contributed by atoms with Gasteiger partial charge in [-0.2, -0.15) is 0 Å². The van der Waals surface area contributed by atoms with E-state index in [4.69, 9.17) is 4.74 Å². The number of nitro benzene ring substituents is 1. The molecule has 0 spiro atoms. The number of amides is 1. The van der Waals surface area contributed by atoms with E-state index in [0.29, 0.717) is 22.8 Å². The summed E-state index contributed by atoms with van der Waals surface area (Å²) < 4.78 is 5.35. The van der Waals surface area contributed by atoms with Crippen molar-refractivity contribution in [2.75, 3.05) is 23.9 Å². The highest BCUT2D eigenvalue weighted by atomic mass is 16.6. The maximum atomic E-state index is 11.7. The molecule has 1 heterocycles. The highest BCUT2D eigenvalue weighted by Gasteiger charge is 2.22. The van der Waals surface area contributed by atoms with E-state index in [-0.39, 0.29) is 18.2 Å². The quantitative estimate of drug-likeness (QED) is 0.695. The number of rotatable bonds is 3. The first-order valence-electron chi connectivity index (χ1n) is 6.60. The molecule has 2 aromatic carbocycles. The lowest BCUT2D eigenvalue weighted by molar-refractivity contribution is -0.383. The van der Waals surface area contributed by atoms with Crippen LogP contribution >= 0.6 is 0 Å². The Balaban J connectivity index is 1.95. The molecule has 0 atom stereocenters. The molecule has 112 valence electrons. The SMILES string of the molecule is CN1C(=O)COc2ccc(Nc3ccccc3[N+](=O)[O-])cc21. The number of nitrogens with one attached hydrogen (secondary N) is 1. The molecule has 0 aromatic heterocycles. The van der Waals surface area contributed by atoms with Crippen LogP contribution in [0.25, 0.3) is 0 Å². The fourth-order valence-corrected chi connectivity index (χ4v) is 2.24. The van der Waals surface area contributed by atoms with Gasteiger partial charge in [0.1, 0.15) is 11.4 Å². The Bertz CT molecular complexity index is 760. The molecule has 0 radical (unpaired) electrons. The minimum Gasteiger partial charge on any atom is -0.482 e. The number of carbonyl (C=O) groups is 1. The normalized spacial score (nSPS) is 13.3. The predicted molar refractivity (Wildman–Crippen MR) is 81.7 cm³/mol. The third-order valence-corrected chi connectivity index (χ3v) is 3.43. The van der Waals surface area contributed by atoms with E-state index in [0.717, 1.165) is 0 Å². The minimum absolute atomic E-state index is 0.0131. The second kappa shape index (κ2) is 5.36. The molecule has 0 fully saturated rings. The Kier molecular flexibility index (Phi) is 3.38. The molecular formula is C15H13N3O4. The van der Waals surface area contributed by atoms with Gasteiger partial charge in [0.2, 0.25) is 0 Å². The minimum atomic E-state index is -0.445. The summed E-state index contributed by atoms with van der Waals surface area (Å²) in [5, 5.41) is 14.0. The number of hydrogen-bond acceptors (Lipinski definition) is 5. The molecule has 3 rings (SSSR count). The van der Waals surface area contributed by atoms with Crippen molar-refractivity contribution >= 4 is 28.7 Å². The van der Waals surface area contributed by atoms with Crippen LogP contribution in [0.2, 0.25) is 0 Å². The van der Waals surface area contributed by atoms with Crippen LogP contribution in [0.15, 0.2) is 42.5 Å². The number of anilines is 3. The van der Waals surface area contributed by atoms with Crippen molar-refractivity contribution in [2.45, 2.75) is 0 Å². The number of nitrogens with zero attached hydrogens (tertiary/aromatic N) is 2. The van der Waals surface area contributed by atoms with Crippen LogP contribution in [0.5, 0.6) is 5.75 Å². The van der Waals surface area contributed by atoms with Gasteiger partial charge in [0.05, 0.1) is 10.6 Å². The van der Waals surface area contributed by atoms with Crippen molar-refractivity contribution in [1.82, 2.24) is 0 Å². The van der Waals surface area contributed by atoms with Gasteiger partial charge in [-0.15, -0.1) is 0 Å². The van der Waals surface area contributed by atoms with E-state index in [1.807, 2.05) is 0 Å². The number of nitro groups is 1. The summed E-state index contributed by atoms with van der Waals surface area (Å²) in [6.45, 7) is 0.0143. The zero-order valence-corrected chi connectivity index (χ0v) is 11.8. The summed E-state index contributed by atoms with van der Waals surface area (Å²) >= 11 is 0. The average Bonchev–Trinajstić information content (AvgIpc) is 2.52. The van der Waals surface area contributed by atoms with Crippen molar-refractivity contribution in [1.29, 1.82) is 0 Å². The van der Waals surface area contributed by atoms with Gasteiger partial charge in [-0.1, -0.05) is 12.1 Å². The Morgan fingerprint density at radius 1 is 1.27 bits per heavy atom. The van der Waals surface area contributed by atoms with Gasteiger partial charge in [-0.3, -0.25) is 14.9 Å². The van der Waals surface area contributed by atoms with Crippen molar-refractivity contribution in [2.24, 2.45) is 0 Å². The number of carbonyl (C=O) groups excluding carboxylic acids is 1. The van der Waals surface area contributed by atoms with Gasteiger partial charge < -0.3 is 15.0 Å². The molecule has 1 N–H and O–H groups in total. The highest BCUT2D eigenvalue weighted by molar-refractivity contribution is 5.98. The molecular weight excluding hydrogens is 286 g/mol. The van der Waals surface area contributed by atoms with Gasteiger partial charge in [-0.25, -0.2) is 0 Å². The molecule has 2 aromatic rings. The van der Waals surface area contributed by atoms with Crippen molar-refractivity contribution < 1.29 is 14.5 Å². The lowest BCUT2D eigenvalue weighted by atomic mass is 10.2. The third kappa shape index (κ3) is 2.44. The Morgan fingerprint density at radius 3 is 2.82 bits per heavy atom. The molecule has 0 aliphatic carbocycles. The van der Waals surface area contributed by atoms with Crippen LogP contribution in [0.4, 0.5) is 22.7 Å². The fraction of sp³-hybridized carbons (Fsp3) is 0.133. The number of fused-ring (bicyclic) bond motifs is 1. The maximum absolute atomic E-state index is 11.7. The molecule has 0 bridgehead atoms. The summed E-state index contributed by atoms with van der Waals surface area (Å²) in [6.07, 6.45) is 0. The molecule has 0 saturated carbocycles. The zero-order chi connectivity index (χ0) is 15.7. The standard InChI is InChI=1S/C15H13N3O4/c1-17-13-8-10(6-7-14(13)22-9-15(17)19)16-11-4-2-3-5-12(11)18(20)21/h2-8,16H,9H2,1H3. The van der Waals surface area contributed by atoms with Crippen LogP contribution in [0, 0.1) is 10.1 Å².